The van der Waals surface area contributed by atoms with Crippen LogP contribution in [0.15, 0.2) is 30.7 Å². The predicted octanol–water partition coefficient (Wildman–Crippen LogP) is 3.08. The van der Waals surface area contributed by atoms with Crippen LogP contribution in [0, 0.1) is 0 Å². The molecule has 8 nitrogen and oxygen atoms in total. The van der Waals surface area contributed by atoms with Gasteiger partial charge in [0.1, 0.15) is 5.52 Å². The summed E-state index contributed by atoms with van der Waals surface area (Å²) in [7, 11) is 4.05. The van der Waals surface area contributed by atoms with Crippen LogP contribution in [-0.4, -0.2) is 56.2 Å². The van der Waals surface area contributed by atoms with Crippen molar-refractivity contribution in [1.29, 1.82) is 0 Å². The van der Waals surface area contributed by atoms with Crippen LogP contribution in [0.1, 0.15) is 38.7 Å². The van der Waals surface area contributed by atoms with Crippen LogP contribution in [0.2, 0.25) is 0 Å². The van der Waals surface area contributed by atoms with Crippen LogP contribution < -0.4 is 11.1 Å². The van der Waals surface area contributed by atoms with E-state index in [9.17, 15) is 5.11 Å². The van der Waals surface area contributed by atoms with Gasteiger partial charge in [0.15, 0.2) is 5.82 Å². The molecule has 0 aromatic carbocycles. The first-order valence-electron chi connectivity index (χ1n) is 10.3. The molecule has 3 rings (SSSR count). The summed E-state index contributed by atoms with van der Waals surface area (Å²) in [6, 6.07) is 3.96. The monoisotopic (exact) mass is 409 g/mol. The fourth-order valence-electron chi connectivity index (χ4n) is 3.48. The number of rotatable bonds is 9. The summed E-state index contributed by atoms with van der Waals surface area (Å²) < 4.78 is 0. The molecule has 0 saturated heterocycles. The van der Waals surface area contributed by atoms with E-state index in [4.69, 9.17) is 5.73 Å². The van der Waals surface area contributed by atoms with Gasteiger partial charge in [-0.05, 0) is 50.7 Å². The van der Waals surface area contributed by atoms with Gasteiger partial charge in [-0.25, -0.2) is 4.98 Å². The summed E-state index contributed by atoms with van der Waals surface area (Å²) in [6.07, 6.45) is 8.34. The van der Waals surface area contributed by atoms with Crippen molar-refractivity contribution in [2.45, 2.75) is 45.2 Å². The molecule has 0 spiro atoms. The Morgan fingerprint density at radius 3 is 2.73 bits per heavy atom. The smallest absolute Gasteiger partial charge is 0.222 e. The Morgan fingerprint density at radius 2 is 2.03 bits per heavy atom. The molecule has 0 radical (unpaired) electrons. The molecule has 0 amide bonds. The number of nitrogen functional groups attached to an aromatic ring is 1. The lowest BCUT2D eigenvalue weighted by atomic mass is 9.96. The number of nitrogens with two attached hydrogens (primary N) is 1. The van der Waals surface area contributed by atoms with Crippen LogP contribution in [0.3, 0.4) is 0 Å². The third-order valence-corrected chi connectivity index (χ3v) is 5.11. The summed E-state index contributed by atoms with van der Waals surface area (Å²) in [6.45, 7) is 4.86. The van der Waals surface area contributed by atoms with Crippen molar-refractivity contribution in [1.82, 2.24) is 24.8 Å². The molecule has 0 aliphatic heterocycles. The van der Waals surface area contributed by atoms with E-state index in [1.54, 1.807) is 6.20 Å². The molecule has 160 valence electrons. The Kier molecular flexibility index (Phi) is 6.79. The summed E-state index contributed by atoms with van der Waals surface area (Å²) in [5, 5.41) is 13.3. The third kappa shape index (κ3) is 5.01. The Balaban J connectivity index is 2.03. The molecule has 0 bridgehead atoms. The van der Waals surface area contributed by atoms with E-state index >= 15 is 0 Å². The van der Waals surface area contributed by atoms with Gasteiger partial charge >= 0.3 is 0 Å². The summed E-state index contributed by atoms with van der Waals surface area (Å²) >= 11 is 0. The zero-order valence-electron chi connectivity index (χ0n) is 18.2. The Hall–Kier alpha value is -2.84. The molecule has 4 N–H and O–H groups in total. The number of nitrogens with zero attached hydrogens (tertiary/aromatic N) is 5. The summed E-state index contributed by atoms with van der Waals surface area (Å²) in [5.41, 5.74) is 9.90. The van der Waals surface area contributed by atoms with Crippen LogP contribution in [0.4, 0.5) is 11.8 Å². The second kappa shape index (κ2) is 9.32. The number of nitrogens with one attached hydrogen (secondary N) is 1. The molecule has 3 aromatic heterocycles. The summed E-state index contributed by atoms with van der Waals surface area (Å²) in [5.74, 6) is 0.711. The van der Waals surface area contributed by atoms with Crippen molar-refractivity contribution in [2.24, 2.45) is 0 Å². The largest absolute Gasteiger partial charge is 0.394 e. The van der Waals surface area contributed by atoms with E-state index in [-0.39, 0.29) is 12.6 Å². The van der Waals surface area contributed by atoms with Crippen LogP contribution >= 0.6 is 0 Å². The Bertz CT molecular complexity index is 1010. The number of unbranched alkanes of at least 4 members (excludes halogenated alkanes) is 1. The molecule has 3 aromatic rings. The fraction of sp³-hybridized carbons (Fsp3) is 0.455. The minimum atomic E-state index is -0.506. The molecular formula is C22H31N7O. The first-order valence-corrected chi connectivity index (χ1v) is 10.3. The zero-order chi connectivity index (χ0) is 21.7. The van der Waals surface area contributed by atoms with Gasteiger partial charge in [0.2, 0.25) is 5.95 Å². The normalized spacial score (nSPS) is 13.5. The van der Waals surface area contributed by atoms with Gasteiger partial charge in [-0.1, -0.05) is 19.8 Å². The molecule has 3 heterocycles. The highest BCUT2D eigenvalue weighted by atomic mass is 16.3. The molecular weight excluding hydrogens is 378 g/mol. The lowest BCUT2D eigenvalue weighted by Gasteiger charge is -2.29. The lowest BCUT2D eigenvalue weighted by molar-refractivity contribution is 0.212. The summed E-state index contributed by atoms with van der Waals surface area (Å²) in [4.78, 5) is 19.8. The third-order valence-electron chi connectivity index (χ3n) is 5.11. The average molecular weight is 410 g/mol. The maximum Gasteiger partial charge on any atom is 0.222 e. The van der Waals surface area contributed by atoms with Gasteiger partial charge in [-0.15, -0.1) is 0 Å². The maximum absolute atomic E-state index is 9.94. The molecule has 0 unspecified atom stereocenters. The van der Waals surface area contributed by atoms with Crippen molar-refractivity contribution < 1.29 is 5.11 Å². The fourth-order valence-corrected chi connectivity index (χ4v) is 3.48. The molecule has 0 saturated carbocycles. The van der Waals surface area contributed by atoms with Gasteiger partial charge in [0, 0.05) is 30.7 Å². The Morgan fingerprint density at radius 1 is 1.23 bits per heavy atom. The number of hydrogen-bond donors (Lipinski definition) is 3. The minimum Gasteiger partial charge on any atom is -0.394 e. The van der Waals surface area contributed by atoms with E-state index in [0.717, 1.165) is 42.5 Å². The Labute approximate surface area is 177 Å². The van der Waals surface area contributed by atoms with E-state index < -0.39 is 5.54 Å². The second-order valence-electron chi connectivity index (χ2n) is 8.24. The highest BCUT2D eigenvalue weighted by Gasteiger charge is 2.25. The van der Waals surface area contributed by atoms with E-state index in [0.29, 0.717) is 16.9 Å². The molecule has 0 fully saturated rings. The van der Waals surface area contributed by atoms with Gasteiger partial charge in [-0.3, -0.25) is 9.97 Å². The minimum absolute atomic E-state index is 0.0125. The van der Waals surface area contributed by atoms with E-state index in [2.05, 4.69) is 37.1 Å². The number of hydrogen-bond acceptors (Lipinski definition) is 8. The standard InChI is InChI=1S/C22H31N7O/c1-5-6-8-22(2,14-30)28-20-19-18(26-21(23)27-20)10-15(12-25-19)17-7-9-24-11-16(17)13-29(3)4/h7,9-12,30H,5-6,8,13-14H2,1-4H3,(H3,23,26,27,28)/t22-/m1/s1. The van der Waals surface area contributed by atoms with Crippen LogP contribution in [0.5, 0.6) is 0 Å². The number of aliphatic hydroxyl groups excluding tert-OH is 1. The first kappa shape index (κ1) is 21.9. The highest BCUT2D eigenvalue weighted by Crippen LogP contribution is 2.29. The lowest BCUT2D eigenvalue weighted by Crippen LogP contribution is -2.39. The number of aliphatic hydroxyl groups is 1. The van der Waals surface area contributed by atoms with Crippen LogP contribution in [0.25, 0.3) is 22.2 Å². The second-order valence-corrected chi connectivity index (χ2v) is 8.24. The molecule has 0 aliphatic rings. The molecule has 8 heteroatoms. The van der Waals surface area contributed by atoms with Crippen molar-refractivity contribution in [2.75, 3.05) is 31.8 Å². The molecule has 1 atom stereocenters. The van der Waals surface area contributed by atoms with E-state index in [1.165, 1.54) is 0 Å². The van der Waals surface area contributed by atoms with Gasteiger partial charge in [-0.2, -0.15) is 4.98 Å². The van der Waals surface area contributed by atoms with Crippen molar-refractivity contribution in [3.63, 3.8) is 0 Å². The maximum atomic E-state index is 9.94. The molecule has 0 aliphatic carbocycles. The van der Waals surface area contributed by atoms with Crippen LogP contribution in [-0.2, 0) is 6.54 Å². The topological polar surface area (TPSA) is 113 Å². The highest BCUT2D eigenvalue weighted by molar-refractivity contribution is 5.89. The number of pyridine rings is 2. The SMILES string of the molecule is CCCC[C@](C)(CO)Nc1nc(N)nc2cc(-c3ccncc3CN(C)C)cnc12. The number of aromatic nitrogens is 4. The number of anilines is 2. The van der Waals surface area contributed by atoms with Crippen molar-refractivity contribution in [3.05, 3.63) is 36.3 Å². The quantitative estimate of drug-likeness (QED) is 0.494. The van der Waals surface area contributed by atoms with Gasteiger partial charge < -0.3 is 21.1 Å². The van der Waals surface area contributed by atoms with Crippen molar-refractivity contribution >= 4 is 22.8 Å². The van der Waals surface area contributed by atoms with Crippen molar-refractivity contribution in [3.8, 4) is 11.1 Å². The number of fused-ring (bicyclic) bond motifs is 1. The van der Waals surface area contributed by atoms with Gasteiger partial charge in [0.25, 0.3) is 0 Å². The van der Waals surface area contributed by atoms with E-state index in [1.807, 2.05) is 45.5 Å². The van der Waals surface area contributed by atoms with Gasteiger partial charge in [0.05, 0.1) is 17.7 Å². The zero-order valence-corrected chi connectivity index (χ0v) is 18.2. The average Bonchev–Trinajstić information content (AvgIpc) is 2.71. The molecule has 30 heavy (non-hydrogen) atoms. The predicted molar refractivity (Wildman–Crippen MR) is 121 cm³/mol. The first-order chi connectivity index (χ1) is 14.3.